The van der Waals surface area contributed by atoms with Crippen molar-refractivity contribution in [3.05, 3.63) is 23.3 Å². The second kappa shape index (κ2) is 7.15. The molecule has 0 aromatic heterocycles. The summed E-state index contributed by atoms with van der Waals surface area (Å²) in [4.78, 5) is 0. The molecule has 0 heterocycles. The van der Waals surface area contributed by atoms with E-state index in [-0.39, 0.29) is 0 Å². The van der Waals surface area contributed by atoms with Crippen molar-refractivity contribution >= 4 is 0 Å². The molecule has 0 aromatic rings. The van der Waals surface area contributed by atoms with E-state index < -0.39 is 0 Å². The molecular weight excluding hydrogens is 144 g/mol. The summed E-state index contributed by atoms with van der Waals surface area (Å²) in [5.41, 5.74) is 2.96. The normalized spacial score (nSPS) is 10.7. The van der Waals surface area contributed by atoms with E-state index in [0.29, 0.717) is 0 Å². The minimum absolute atomic E-state index is 1.13. The molecular formula is C12H22. The zero-order valence-corrected chi connectivity index (χ0v) is 8.98. The predicted molar refractivity (Wildman–Crippen MR) is 57.3 cm³/mol. The zero-order valence-electron chi connectivity index (χ0n) is 8.98. The van der Waals surface area contributed by atoms with E-state index in [9.17, 15) is 0 Å². The molecule has 0 aliphatic rings. The first-order valence-corrected chi connectivity index (χ1v) is 4.96. The van der Waals surface area contributed by atoms with E-state index >= 15 is 0 Å². The Bertz CT molecular complexity index is 157. The van der Waals surface area contributed by atoms with Crippen molar-refractivity contribution in [3.63, 3.8) is 0 Å². The Labute approximate surface area is 77.4 Å². The summed E-state index contributed by atoms with van der Waals surface area (Å²) < 4.78 is 0. The van der Waals surface area contributed by atoms with Crippen molar-refractivity contribution in [1.29, 1.82) is 0 Å². The summed E-state index contributed by atoms with van der Waals surface area (Å²) >= 11 is 0. The van der Waals surface area contributed by atoms with Gasteiger partial charge in [0.2, 0.25) is 0 Å². The quantitative estimate of drug-likeness (QED) is 0.417. The lowest BCUT2D eigenvalue weighted by Crippen LogP contribution is -1.77. The summed E-state index contributed by atoms with van der Waals surface area (Å²) in [5.74, 6) is 0. The van der Waals surface area contributed by atoms with Crippen LogP contribution in [0.25, 0.3) is 0 Å². The van der Waals surface area contributed by atoms with Crippen molar-refractivity contribution in [2.75, 3.05) is 0 Å². The summed E-state index contributed by atoms with van der Waals surface area (Å²) in [6.45, 7) is 8.79. The lowest BCUT2D eigenvalue weighted by molar-refractivity contribution is 0.813. The Morgan fingerprint density at radius 2 is 1.75 bits per heavy atom. The molecule has 0 aromatic carbocycles. The van der Waals surface area contributed by atoms with Gasteiger partial charge < -0.3 is 0 Å². The molecule has 0 N–H and O–H groups in total. The first kappa shape index (κ1) is 11.5. The van der Waals surface area contributed by atoms with E-state index in [1.54, 1.807) is 0 Å². The van der Waals surface area contributed by atoms with Crippen LogP contribution < -0.4 is 0 Å². The van der Waals surface area contributed by atoms with E-state index in [1.165, 1.54) is 30.4 Å². The van der Waals surface area contributed by atoms with Crippen molar-refractivity contribution < 1.29 is 0 Å². The molecule has 0 unspecified atom stereocenters. The number of rotatable bonds is 5. The van der Waals surface area contributed by atoms with Crippen LogP contribution in [0.3, 0.4) is 0 Å². The van der Waals surface area contributed by atoms with Crippen LogP contribution in [0.15, 0.2) is 23.3 Å². The summed E-state index contributed by atoms with van der Waals surface area (Å²) in [6, 6.07) is 0. The van der Waals surface area contributed by atoms with E-state index in [1.807, 2.05) is 0 Å². The monoisotopic (exact) mass is 166 g/mol. The molecule has 0 nitrogen and oxygen atoms in total. The van der Waals surface area contributed by atoms with Crippen molar-refractivity contribution in [1.82, 2.24) is 0 Å². The van der Waals surface area contributed by atoms with E-state index in [0.717, 1.165) is 6.42 Å². The maximum Gasteiger partial charge on any atom is -0.0139 e. The standard InChI is InChI=1S/C12H22/c1-5-6-7-8-9-10-12(4)11(2)3/h8-9H,5-7,10H2,1-4H3. The third kappa shape index (κ3) is 6.21. The fraction of sp³-hybridized carbons (Fsp3) is 0.667. The van der Waals surface area contributed by atoms with Crippen LogP contribution in [0.4, 0.5) is 0 Å². The Hall–Kier alpha value is -0.520. The van der Waals surface area contributed by atoms with Gasteiger partial charge in [0, 0.05) is 0 Å². The third-order valence-corrected chi connectivity index (χ3v) is 2.17. The third-order valence-electron chi connectivity index (χ3n) is 2.17. The van der Waals surface area contributed by atoms with Gasteiger partial charge in [-0.3, -0.25) is 0 Å². The van der Waals surface area contributed by atoms with Gasteiger partial charge in [-0.2, -0.15) is 0 Å². The van der Waals surface area contributed by atoms with Gasteiger partial charge in [-0.05, 0) is 33.6 Å². The summed E-state index contributed by atoms with van der Waals surface area (Å²) in [6.07, 6.45) is 9.59. The maximum atomic E-state index is 2.30. The molecule has 0 spiro atoms. The average molecular weight is 166 g/mol. The molecule has 0 amide bonds. The number of allylic oxidation sites excluding steroid dienone is 4. The highest BCUT2D eigenvalue weighted by Crippen LogP contribution is 2.07. The second-order valence-corrected chi connectivity index (χ2v) is 3.60. The van der Waals surface area contributed by atoms with Gasteiger partial charge in [0.05, 0.1) is 0 Å². The Morgan fingerprint density at radius 3 is 2.25 bits per heavy atom. The molecule has 12 heavy (non-hydrogen) atoms. The first-order chi connectivity index (χ1) is 5.68. The Balaban J connectivity index is 3.54. The van der Waals surface area contributed by atoms with Crippen LogP contribution in [0.5, 0.6) is 0 Å². The van der Waals surface area contributed by atoms with Crippen LogP contribution in [0.1, 0.15) is 53.4 Å². The highest BCUT2D eigenvalue weighted by molar-refractivity contribution is 5.10. The average Bonchev–Trinajstić information content (AvgIpc) is 2.03. The topological polar surface area (TPSA) is 0 Å². The van der Waals surface area contributed by atoms with Crippen LogP contribution in [0.2, 0.25) is 0 Å². The molecule has 0 aliphatic carbocycles. The molecule has 0 atom stereocenters. The molecule has 0 heteroatoms. The molecule has 0 saturated heterocycles. The second-order valence-electron chi connectivity index (χ2n) is 3.60. The fourth-order valence-electron chi connectivity index (χ4n) is 0.904. The maximum absolute atomic E-state index is 2.30. The summed E-state index contributed by atoms with van der Waals surface area (Å²) in [5, 5.41) is 0. The molecule has 0 radical (unpaired) electrons. The molecule has 70 valence electrons. The molecule has 0 rings (SSSR count). The Morgan fingerprint density at radius 1 is 1.08 bits per heavy atom. The number of hydrogen-bond acceptors (Lipinski definition) is 0. The van der Waals surface area contributed by atoms with Gasteiger partial charge in [0.1, 0.15) is 0 Å². The molecule has 0 aliphatic heterocycles. The predicted octanol–water partition coefficient (Wildman–Crippen LogP) is 4.48. The van der Waals surface area contributed by atoms with Gasteiger partial charge in [-0.25, -0.2) is 0 Å². The van der Waals surface area contributed by atoms with Crippen molar-refractivity contribution in [2.24, 2.45) is 0 Å². The minimum Gasteiger partial charge on any atom is -0.0882 e. The van der Waals surface area contributed by atoms with Crippen molar-refractivity contribution in [3.8, 4) is 0 Å². The van der Waals surface area contributed by atoms with Gasteiger partial charge in [0.15, 0.2) is 0 Å². The fourth-order valence-corrected chi connectivity index (χ4v) is 0.904. The zero-order chi connectivity index (χ0) is 9.40. The van der Waals surface area contributed by atoms with Gasteiger partial charge in [-0.1, -0.05) is 43.1 Å². The van der Waals surface area contributed by atoms with Gasteiger partial charge >= 0.3 is 0 Å². The van der Waals surface area contributed by atoms with Crippen LogP contribution in [-0.4, -0.2) is 0 Å². The van der Waals surface area contributed by atoms with Crippen molar-refractivity contribution in [2.45, 2.75) is 53.4 Å². The van der Waals surface area contributed by atoms with Crippen LogP contribution in [-0.2, 0) is 0 Å². The highest BCUT2D eigenvalue weighted by atomic mass is 13.9. The van der Waals surface area contributed by atoms with Crippen LogP contribution >= 0.6 is 0 Å². The Kier molecular flexibility index (Phi) is 6.84. The van der Waals surface area contributed by atoms with E-state index in [2.05, 4.69) is 39.8 Å². The minimum atomic E-state index is 1.13. The molecule has 0 bridgehead atoms. The number of hydrogen-bond donors (Lipinski definition) is 0. The van der Waals surface area contributed by atoms with E-state index in [4.69, 9.17) is 0 Å². The lowest BCUT2D eigenvalue weighted by atomic mass is 10.1. The smallest absolute Gasteiger partial charge is 0.0139 e. The SMILES string of the molecule is CCCCC=CCC(C)=C(C)C. The molecule has 0 fully saturated rings. The van der Waals surface area contributed by atoms with Gasteiger partial charge in [-0.15, -0.1) is 0 Å². The lowest BCUT2D eigenvalue weighted by Gasteiger charge is -1.97. The molecule has 0 saturated carbocycles. The van der Waals surface area contributed by atoms with Gasteiger partial charge in [0.25, 0.3) is 0 Å². The van der Waals surface area contributed by atoms with Crippen LogP contribution in [0, 0.1) is 0 Å². The summed E-state index contributed by atoms with van der Waals surface area (Å²) in [7, 11) is 0. The first-order valence-electron chi connectivity index (χ1n) is 4.96. The number of unbranched alkanes of at least 4 members (excludes halogenated alkanes) is 2. The largest absolute Gasteiger partial charge is 0.0882 e. The highest BCUT2D eigenvalue weighted by Gasteiger charge is 1.87.